The molecule has 1 aromatic carbocycles. The van der Waals surface area contributed by atoms with Crippen molar-refractivity contribution < 1.29 is 13.2 Å². The topological polar surface area (TPSA) is 74.7 Å². The van der Waals surface area contributed by atoms with Crippen LogP contribution in [0.2, 0.25) is 0 Å². The van der Waals surface area contributed by atoms with Gasteiger partial charge in [0, 0.05) is 34.8 Å². The van der Waals surface area contributed by atoms with Crippen molar-refractivity contribution in [2.24, 2.45) is 0 Å². The summed E-state index contributed by atoms with van der Waals surface area (Å²) in [5.74, 6) is -1.76. The number of aromatic amines is 2. The van der Waals surface area contributed by atoms with E-state index < -0.39 is 17.1 Å². The second-order valence-corrected chi connectivity index (χ2v) is 4.96. The number of nitrogens with zero attached hydrogens (tertiary/aromatic N) is 1. The fourth-order valence-corrected chi connectivity index (χ4v) is 2.63. The summed E-state index contributed by atoms with van der Waals surface area (Å²) in [6, 6.07) is 2.37. The van der Waals surface area contributed by atoms with Gasteiger partial charge in [-0.15, -0.1) is 12.4 Å². The highest BCUT2D eigenvalue weighted by molar-refractivity contribution is 6.05. The molecular formula is C15H10ClF2N3O2. The van der Waals surface area contributed by atoms with Gasteiger partial charge in [-0.25, -0.2) is 13.8 Å². The zero-order valence-electron chi connectivity index (χ0n) is 11.5. The Balaban J connectivity index is 0.00000156. The molecule has 0 amide bonds. The summed E-state index contributed by atoms with van der Waals surface area (Å²) in [6.45, 7) is 0. The van der Waals surface area contributed by atoms with Crippen molar-refractivity contribution in [3.63, 3.8) is 0 Å². The van der Waals surface area contributed by atoms with Crippen LogP contribution in [0.15, 0.2) is 40.1 Å². The van der Waals surface area contributed by atoms with Gasteiger partial charge in [0.2, 0.25) is 5.43 Å². The molecule has 5 nitrogen and oxygen atoms in total. The van der Waals surface area contributed by atoms with E-state index in [4.69, 9.17) is 4.42 Å². The van der Waals surface area contributed by atoms with Crippen LogP contribution in [0.25, 0.3) is 21.8 Å². The highest BCUT2D eigenvalue weighted by Gasteiger charge is 2.19. The molecule has 0 fully saturated rings. The van der Waals surface area contributed by atoms with Crippen LogP contribution in [-0.4, -0.2) is 15.2 Å². The van der Waals surface area contributed by atoms with Gasteiger partial charge in [0.05, 0.1) is 18.2 Å². The van der Waals surface area contributed by atoms with E-state index in [9.17, 15) is 13.6 Å². The number of pyridine rings is 1. The van der Waals surface area contributed by atoms with E-state index in [0.717, 1.165) is 5.56 Å². The quantitative estimate of drug-likeness (QED) is 0.589. The molecule has 2 N–H and O–H groups in total. The Morgan fingerprint density at radius 2 is 2.09 bits per heavy atom. The van der Waals surface area contributed by atoms with Gasteiger partial charge in [-0.3, -0.25) is 9.89 Å². The molecule has 4 rings (SSSR count). The standard InChI is InChI=1S/C15H9F2N3O2.ClH/c16-9-4-11(21)14(17)12-8-5-18-20-15(8)19-10(13(9)12)3-7-1-2-22-6-7;/h1-2,4-6H,3H2,(H2,18,19,20);1H. The first-order valence-corrected chi connectivity index (χ1v) is 6.52. The summed E-state index contributed by atoms with van der Waals surface area (Å²) in [7, 11) is 0. The van der Waals surface area contributed by atoms with E-state index in [-0.39, 0.29) is 29.6 Å². The lowest BCUT2D eigenvalue weighted by molar-refractivity contribution is 0.564. The molecule has 0 saturated carbocycles. The third-order valence-electron chi connectivity index (χ3n) is 3.60. The highest BCUT2D eigenvalue weighted by Crippen LogP contribution is 2.29. The van der Waals surface area contributed by atoms with E-state index in [1.807, 2.05) is 0 Å². The molecule has 0 unspecified atom stereocenters. The van der Waals surface area contributed by atoms with Gasteiger partial charge >= 0.3 is 0 Å². The summed E-state index contributed by atoms with van der Waals surface area (Å²) in [5, 5.41) is 5.71. The van der Waals surface area contributed by atoms with Gasteiger partial charge < -0.3 is 9.52 Å². The van der Waals surface area contributed by atoms with E-state index >= 15 is 0 Å². The fraction of sp³-hybridized carbons (Fsp3) is 0.0667. The molecule has 0 radical (unpaired) electrons. The number of aromatic nitrogens is 3. The predicted molar refractivity (Wildman–Crippen MR) is 82.9 cm³/mol. The minimum Gasteiger partial charge on any atom is -0.472 e. The van der Waals surface area contributed by atoms with Gasteiger partial charge in [0.25, 0.3) is 0 Å². The molecule has 0 saturated heterocycles. The van der Waals surface area contributed by atoms with E-state index in [1.54, 1.807) is 6.07 Å². The molecule has 0 aliphatic carbocycles. The lowest BCUT2D eigenvalue weighted by atomic mass is 10.0. The maximum Gasteiger partial charge on any atom is 0.217 e. The molecule has 0 bridgehead atoms. The number of benzene rings is 1. The highest BCUT2D eigenvalue weighted by atomic mass is 35.5. The van der Waals surface area contributed by atoms with Crippen LogP contribution in [0.1, 0.15) is 11.3 Å². The van der Waals surface area contributed by atoms with Crippen molar-refractivity contribution >= 4 is 34.2 Å². The van der Waals surface area contributed by atoms with Crippen LogP contribution in [0.5, 0.6) is 0 Å². The fourth-order valence-electron chi connectivity index (χ4n) is 2.63. The predicted octanol–water partition coefficient (Wildman–Crippen LogP) is 3.29. The Hall–Kier alpha value is -2.67. The van der Waals surface area contributed by atoms with Crippen molar-refractivity contribution in [1.29, 1.82) is 0 Å². The average Bonchev–Trinajstić information content (AvgIpc) is 3.14. The van der Waals surface area contributed by atoms with Gasteiger partial charge in [-0.2, -0.15) is 0 Å². The number of rotatable bonds is 2. The Bertz CT molecular complexity index is 1050. The number of halogens is 3. The SMILES string of the molecule is Cl.O=c1cc(F)c2c(Cc3ccoc3)nc3[nH][nH]cc3c2c1F. The Kier molecular flexibility index (Phi) is 3.65. The van der Waals surface area contributed by atoms with Gasteiger partial charge in [-0.1, -0.05) is 0 Å². The van der Waals surface area contributed by atoms with Crippen molar-refractivity contribution in [1.82, 2.24) is 15.2 Å². The van der Waals surface area contributed by atoms with Crippen molar-refractivity contribution in [3.8, 4) is 0 Å². The number of H-pyrrole nitrogens is 2. The van der Waals surface area contributed by atoms with Gasteiger partial charge in [-0.05, 0) is 11.6 Å². The first kappa shape index (κ1) is 15.2. The van der Waals surface area contributed by atoms with Crippen molar-refractivity contribution in [2.75, 3.05) is 0 Å². The molecule has 0 aliphatic heterocycles. The zero-order chi connectivity index (χ0) is 15.3. The van der Waals surface area contributed by atoms with Crippen LogP contribution < -0.4 is 5.43 Å². The molecular weight excluding hydrogens is 328 g/mol. The van der Waals surface area contributed by atoms with Crippen LogP contribution >= 0.6 is 12.4 Å². The minimum absolute atomic E-state index is 0. The minimum atomic E-state index is -0.981. The van der Waals surface area contributed by atoms with Crippen LogP contribution in [0.3, 0.4) is 0 Å². The summed E-state index contributed by atoms with van der Waals surface area (Å²) in [5.41, 5.74) is 0.480. The van der Waals surface area contributed by atoms with Crippen LogP contribution in [-0.2, 0) is 6.42 Å². The van der Waals surface area contributed by atoms with Gasteiger partial charge in [0.15, 0.2) is 11.5 Å². The lowest BCUT2D eigenvalue weighted by Gasteiger charge is -2.07. The lowest BCUT2D eigenvalue weighted by Crippen LogP contribution is -2.09. The van der Waals surface area contributed by atoms with E-state index in [0.29, 0.717) is 22.8 Å². The molecule has 118 valence electrons. The first-order chi connectivity index (χ1) is 10.6. The van der Waals surface area contributed by atoms with Crippen molar-refractivity contribution in [2.45, 2.75) is 6.42 Å². The van der Waals surface area contributed by atoms with Crippen molar-refractivity contribution in [3.05, 3.63) is 64.0 Å². The molecule has 4 aromatic rings. The molecule has 0 aliphatic rings. The summed E-state index contributed by atoms with van der Waals surface area (Å²) in [6.07, 6.45) is 4.71. The molecule has 8 heteroatoms. The molecule has 23 heavy (non-hydrogen) atoms. The molecule has 3 aromatic heterocycles. The second kappa shape index (κ2) is 5.51. The normalized spacial score (nSPS) is 11.0. The first-order valence-electron chi connectivity index (χ1n) is 6.52. The third kappa shape index (κ3) is 2.29. The largest absolute Gasteiger partial charge is 0.472 e. The molecule has 0 atom stereocenters. The third-order valence-corrected chi connectivity index (χ3v) is 3.60. The second-order valence-electron chi connectivity index (χ2n) is 4.96. The number of furan rings is 1. The Labute approximate surface area is 133 Å². The maximum atomic E-state index is 14.3. The smallest absolute Gasteiger partial charge is 0.217 e. The average molecular weight is 338 g/mol. The number of fused-ring (bicyclic) bond motifs is 3. The number of hydrogen-bond acceptors (Lipinski definition) is 3. The Morgan fingerprint density at radius 3 is 2.83 bits per heavy atom. The van der Waals surface area contributed by atoms with Crippen LogP contribution in [0.4, 0.5) is 8.78 Å². The molecule has 0 spiro atoms. The number of hydrogen-bond donors (Lipinski definition) is 2. The summed E-state index contributed by atoms with van der Waals surface area (Å²) >= 11 is 0. The van der Waals surface area contributed by atoms with Crippen LogP contribution in [0, 0.1) is 11.6 Å². The van der Waals surface area contributed by atoms with Gasteiger partial charge in [0.1, 0.15) is 5.82 Å². The maximum absolute atomic E-state index is 14.3. The monoisotopic (exact) mass is 337 g/mol. The molecule has 3 heterocycles. The van der Waals surface area contributed by atoms with E-state index in [1.165, 1.54) is 18.7 Å². The zero-order valence-corrected chi connectivity index (χ0v) is 12.3. The summed E-state index contributed by atoms with van der Waals surface area (Å²) < 4.78 is 33.6. The van der Waals surface area contributed by atoms with E-state index in [2.05, 4.69) is 15.2 Å². The summed E-state index contributed by atoms with van der Waals surface area (Å²) in [4.78, 5) is 15.9. The number of nitrogens with one attached hydrogen (secondary N) is 2. The Morgan fingerprint density at radius 1 is 1.26 bits per heavy atom.